The van der Waals surface area contributed by atoms with Crippen molar-refractivity contribution in [2.75, 3.05) is 12.4 Å². The van der Waals surface area contributed by atoms with Crippen LogP contribution in [0.1, 0.15) is 41.1 Å². The van der Waals surface area contributed by atoms with Crippen molar-refractivity contribution in [1.82, 2.24) is 5.32 Å². The zero-order valence-electron chi connectivity index (χ0n) is 23.6. The lowest BCUT2D eigenvalue weighted by Crippen LogP contribution is -2.32. The van der Waals surface area contributed by atoms with E-state index in [9.17, 15) is 15.1 Å². The maximum atomic E-state index is 12.2. The molecule has 1 saturated heterocycles. The van der Waals surface area contributed by atoms with E-state index in [-0.39, 0.29) is 25.4 Å². The molecule has 0 unspecified atom stereocenters. The molecule has 1 amide bonds. The van der Waals surface area contributed by atoms with E-state index in [4.69, 9.17) is 14.2 Å². The number of nitrogens with zero attached hydrogens (tertiary/aromatic N) is 1. The van der Waals surface area contributed by atoms with E-state index < -0.39 is 12.4 Å². The smallest absolute Gasteiger partial charge is 0.407 e. The summed E-state index contributed by atoms with van der Waals surface area (Å²) in [7, 11) is 0. The Morgan fingerprint density at radius 3 is 2.51 bits per heavy atom. The molecule has 1 fully saturated rings. The van der Waals surface area contributed by atoms with Crippen LogP contribution >= 0.6 is 11.8 Å². The quantitative estimate of drug-likeness (QED) is 0.0913. The second-order valence-corrected chi connectivity index (χ2v) is 11.1. The van der Waals surface area contributed by atoms with Gasteiger partial charge in [0, 0.05) is 36.4 Å². The second-order valence-electron chi connectivity index (χ2n) is 10.0. The fourth-order valence-electron chi connectivity index (χ4n) is 4.85. The van der Waals surface area contributed by atoms with E-state index >= 15 is 0 Å². The Morgan fingerprint density at radius 1 is 1.02 bits per heavy atom. The Kier molecular flexibility index (Phi) is 10.5. The second kappa shape index (κ2) is 14.8. The van der Waals surface area contributed by atoms with Crippen LogP contribution in [0.4, 0.5) is 4.79 Å². The normalized spacial score (nSPS) is 18.1. The summed E-state index contributed by atoms with van der Waals surface area (Å²) in [4.78, 5) is 11.9. The van der Waals surface area contributed by atoms with Crippen molar-refractivity contribution in [3.8, 4) is 11.1 Å². The van der Waals surface area contributed by atoms with Gasteiger partial charge in [-0.15, -0.1) is 0 Å². The van der Waals surface area contributed by atoms with Gasteiger partial charge in [0.25, 0.3) is 5.03 Å². The van der Waals surface area contributed by atoms with Crippen molar-refractivity contribution in [1.29, 1.82) is 0 Å². The van der Waals surface area contributed by atoms with Crippen LogP contribution in [0.5, 0.6) is 0 Å². The number of ether oxygens (including phenoxy) is 3. The summed E-state index contributed by atoms with van der Waals surface area (Å²) in [6.07, 6.45) is 2.14. The van der Waals surface area contributed by atoms with Crippen LogP contribution < -0.4 is 10.0 Å². The number of thioether (sulfide) groups is 1. The minimum Gasteiger partial charge on any atom is -0.618 e. The van der Waals surface area contributed by atoms with Crippen molar-refractivity contribution in [2.24, 2.45) is 0 Å². The highest BCUT2D eigenvalue weighted by atomic mass is 32.2. The lowest BCUT2D eigenvalue weighted by molar-refractivity contribution is -0.645. The first-order chi connectivity index (χ1) is 21.0. The van der Waals surface area contributed by atoms with E-state index in [0.29, 0.717) is 23.7 Å². The first-order valence-corrected chi connectivity index (χ1v) is 15.0. The molecule has 3 atom stereocenters. The van der Waals surface area contributed by atoms with Crippen LogP contribution in [0.25, 0.3) is 11.1 Å². The number of aliphatic hydroxyl groups excluding tert-OH is 1. The molecule has 222 valence electrons. The fraction of sp³-hybridized carbons (Fsp3) is 0.235. The topological polar surface area (TPSA) is 104 Å². The van der Waals surface area contributed by atoms with E-state index in [1.54, 1.807) is 12.1 Å². The van der Waals surface area contributed by atoms with Crippen molar-refractivity contribution in [2.45, 2.75) is 43.1 Å². The SMILES string of the molecule is C=CCOC(=O)NCc1ccccc1-c1ccc([C@H]2O[C@@H](CSc3cccc[n+]3[O-])C[C@@H](c3ccc(CO)cc3)O2)cc1. The first kappa shape index (κ1) is 30.3. The Bertz CT molecular complexity index is 1510. The summed E-state index contributed by atoms with van der Waals surface area (Å²) in [5, 5.41) is 25.1. The molecule has 0 aliphatic carbocycles. The van der Waals surface area contributed by atoms with Gasteiger partial charge in [-0.1, -0.05) is 97.2 Å². The number of pyridine rings is 1. The summed E-state index contributed by atoms with van der Waals surface area (Å²) in [5.74, 6) is 0.588. The molecule has 0 spiro atoms. The van der Waals surface area contributed by atoms with Crippen molar-refractivity contribution >= 4 is 17.9 Å². The maximum absolute atomic E-state index is 12.2. The molecule has 1 aliphatic heterocycles. The van der Waals surface area contributed by atoms with Gasteiger partial charge in [-0.2, -0.15) is 4.73 Å². The van der Waals surface area contributed by atoms with Crippen LogP contribution in [0.3, 0.4) is 0 Å². The monoisotopic (exact) mass is 598 g/mol. The van der Waals surface area contributed by atoms with Crippen molar-refractivity contribution < 1.29 is 28.8 Å². The maximum Gasteiger partial charge on any atom is 0.407 e. The molecule has 5 rings (SSSR count). The number of hydrogen-bond acceptors (Lipinski definition) is 7. The number of nitrogens with one attached hydrogen (secondary N) is 1. The van der Waals surface area contributed by atoms with E-state index in [1.165, 1.54) is 24.0 Å². The highest BCUT2D eigenvalue weighted by Crippen LogP contribution is 2.39. The van der Waals surface area contributed by atoms with Crippen LogP contribution in [-0.4, -0.2) is 29.7 Å². The summed E-state index contributed by atoms with van der Waals surface area (Å²) in [5.41, 5.74) is 5.65. The minimum absolute atomic E-state index is 0.0198. The molecule has 2 heterocycles. The number of alkyl carbamates (subject to hydrolysis) is 1. The van der Waals surface area contributed by atoms with Crippen LogP contribution in [-0.2, 0) is 27.4 Å². The third-order valence-corrected chi connectivity index (χ3v) is 8.24. The van der Waals surface area contributed by atoms with Gasteiger partial charge in [0.05, 0.1) is 18.8 Å². The lowest BCUT2D eigenvalue weighted by atomic mass is 9.98. The molecule has 8 nitrogen and oxygen atoms in total. The van der Waals surface area contributed by atoms with Gasteiger partial charge in [0.15, 0.2) is 12.5 Å². The molecule has 2 N–H and O–H groups in total. The van der Waals surface area contributed by atoms with Crippen molar-refractivity contribution in [3.63, 3.8) is 0 Å². The molecule has 0 radical (unpaired) electrons. The Balaban J connectivity index is 1.33. The highest BCUT2D eigenvalue weighted by Gasteiger charge is 2.32. The predicted molar refractivity (Wildman–Crippen MR) is 165 cm³/mol. The Morgan fingerprint density at radius 2 is 1.77 bits per heavy atom. The van der Waals surface area contributed by atoms with Gasteiger partial charge < -0.3 is 29.8 Å². The van der Waals surface area contributed by atoms with Gasteiger partial charge in [-0.3, -0.25) is 0 Å². The number of amides is 1. The Labute approximate surface area is 255 Å². The molecule has 9 heteroatoms. The molecule has 0 bridgehead atoms. The van der Waals surface area contributed by atoms with E-state index in [1.807, 2.05) is 78.9 Å². The lowest BCUT2D eigenvalue weighted by Gasteiger charge is -2.36. The first-order valence-electron chi connectivity index (χ1n) is 14.1. The van der Waals surface area contributed by atoms with Gasteiger partial charge in [-0.05, 0) is 33.9 Å². The highest BCUT2D eigenvalue weighted by molar-refractivity contribution is 7.99. The largest absolute Gasteiger partial charge is 0.618 e. The zero-order chi connectivity index (χ0) is 30.0. The van der Waals surface area contributed by atoms with Crippen LogP contribution in [0, 0.1) is 5.21 Å². The average molecular weight is 599 g/mol. The number of aromatic nitrogens is 1. The third kappa shape index (κ3) is 8.03. The summed E-state index contributed by atoms with van der Waals surface area (Å²) in [6.45, 7) is 4.01. The number of carbonyl (C=O) groups is 1. The average Bonchev–Trinajstić information content (AvgIpc) is 3.06. The summed E-state index contributed by atoms with van der Waals surface area (Å²) < 4.78 is 18.8. The standard InChI is InChI=1S/C34H34N2O6S/c1-2-19-40-34(38)35-21-28-7-3-4-8-30(28)25-14-16-27(17-15-25)33-41-29(23-43-32-9-5-6-18-36(32)39)20-31(42-33)26-12-10-24(22-37)11-13-26/h2-18,29,31,33,37H,1,19-23H2,(H,35,38)/t29-,31+,33+/m1/s1. The van der Waals surface area contributed by atoms with E-state index in [2.05, 4.69) is 11.9 Å². The summed E-state index contributed by atoms with van der Waals surface area (Å²) >= 11 is 1.46. The summed E-state index contributed by atoms with van der Waals surface area (Å²) in [6, 6.07) is 29.0. The minimum atomic E-state index is -0.609. The van der Waals surface area contributed by atoms with Crippen molar-refractivity contribution in [3.05, 3.63) is 137 Å². The molecule has 0 saturated carbocycles. The van der Waals surface area contributed by atoms with Gasteiger partial charge in [0.2, 0.25) is 0 Å². The zero-order valence-corrected chi connectivity index (χ0v) is 24.5. The van der Waals surface area contributed by atoms with Gasteiger partial charge >= 0.3 is 6.09 Å². The molecule has 4 aromatic rings. The number of benzene rings is 3. The van der Waals surface area contributed by atoms with Crippen LogP contribution in [0.15, 0.2) is 115 Å². The molecule has 3 aromatic carbocycles. The van der Waals surface area contributed by atoms with Crippen LogP contribution in [0.2, 0.25) is 0 Å². The Hall–Kier alpha value is -4.15. The van der Waals surface area contributed by atoms with Gasteiger partial charge in [0.1, 0.15) is 6.61 Å². The molecule has 1 aliphatic rings. The van der Waals surface area contributed by atoms with Gasteiger partial charge in [-0.25, -0.2) is 4.79 Å². The van der Waals surface area contributed by atoms with E-state index in [0.717, 1.165) is 38.1 Å². The predicted octanol–water partition coefficient (Wildman–Crippen LogP) is 6.23. The fourth-order valence-corrected chi connectivity index (χ4v) is 5.79. The molecule has 43 heavy (non-hydrogen) atoms. The molecular formula is C34H34N2O6S. The third-order valence-electron chi connectivity index (χ3n) is 7.09. The number of aliphatic hydroxyl groups is 1. The number of carbonyl (C=O) groups excluding carboxylic acids is 1. The molecular weight excluding hydrogens is 564 g/mol. The molecule has 1 aromatic heterocycles. The number of hydrogen-bond donors (Lipinski definition) is 2. The number of rotatable bonds is 11.